The van der Waals surface area contributed by atoms with Crippen molar-refractivity contribution in [2.75, 3.05) is 5.32 Å². The molecule has 5 nitrogen and oxygen atoms in total. The first-order chi connectivity index (χ1) is 19.0. The van der Waals surface area contributed by atoms with E-state index in [-0.39, 0.29) is 17.4 Å². The van der Waals surface area contributed by atoms with Gasteiger partial charge in [0.1, 0.15) is 11.1 Å². The molecule has 7 heteroatoms. The highest BCUT2D eigenvalue weighted by Crippen LogP contribution is 2.43. The van der Waals surface area contributed by atoms with Crippen molar-refractivity contribution in [3.8, 4) is 11.1 Å². The number of aryl methyl sites for hydroxylation is 2. The van der Waals surface area contributed by atoms with Crippen LogP contribution in [0.4, 0.5) is 5.69 Å². The van der Waals surface area contributed by atoms with Crippen LogP contribution in [0.15, 0.2) is 41.3 Å². The van der Waals surface area contributed by atoms with E-state index in [0.29, 0.717) is 5.92 Å². The van der Waals surface area contributed by atoms with E-state index in [0.717, 1.165) is 63.8 Å². The number of nitriles is 1. The molecular weight excluding hydrogens is 521 g/mol. The van der Waals surface area contributed by atoms with Crippen molar-refractivity contribution < 1.29 is 4.79 Å². The zero-order chi connectivity index (χ0) is 27.1. The molecule has 3 heterocycles. The van der Waals surface area contributed by atoms with Gasteiger partial charge in [-0.3, -0.25) is 4.79 Å². The van der Waals surface area contributed by atoms with Crippen molar-refractivity contribution in [2.24, 2.45) is 5.92 Å². The van der Waals surface area contributed by atoms with E-state index in [1.54, 1.807) is 23.1 Å². The Bertz CT molecular complexity index is 1460. The highest BCUT2D eigenvalue weighted by atomic mass is 32.2. The Hall–Kier alpha value is -2.95. The maximum absolute atomic E-state index is 14.0. The molecule has 2 aromatic heterocycles. The second-order valence-electron chi connectivity index (χ2n) is 11.2. The lowest BCUT2D eigenvalue weighted by molar-refractivity contribution is -0.129. The fourth-order valence-corrected chi connectivity index (χ4v) is 9.23. The summed E-state index contributed by atoms with van der Waals surface area (Å²) in [6, 6.07) is 15.1. The van der Waals surface area contributed by atoms with E-state index in [9.17, 15) is 10.1 Å². The number of anilines is 1. The number of hydrogen-bond acceptors (Lipinski definition) is 5. The monoisotopic (exact) mass is 556 g/mol. The number of aromatic nitrogens is 1. The van der Waals surface area contributed by atoms with Crippen LogP contribution in [0.2, 0.25) is 0 Å². The van der Waals surface area contributed by atoms with Crippen molar-refractivity contribution in [3.05, 3.63) is 74.3 Å². The lowest BCUT2D eigenvalue weighted by Crippen LogP contribution is -2.48. The number of para-hydroxylation sites is 1. The minimum absolute atomic E-state index is 0.126. The molecule has 6 rings (SSSR count). The molecule has 1 amide bonds. The summed E-state index contributed by atoms with van der Waals surface area (Å²) >= 11 is 3.40. The van der Waals surface area contributed by atoms with Crippen molar-refractivity contribution >= 4 is 40.8 Å². The molecule has 0 radical (unpaired) electrons. The van der Waals surface area contributed by atoms with Crippen LogP contribution in [0, 0.1) is 31.1 Å². The maximum Gasteiger partial charge on any atom is 0.262 e. The predicted molar refractivity (Wildman–Crippen MR) is 162 cm³/mol. The van der Waals surface area contributed by atoms with Crippen LogP contribution in [0.3, 0.4) is 0 Å². The highest BCUT2D eigenvalue weighted by Gasteiger charge is 2.43. The van der Waals surface area contributed by atoms with E-state index >= 15 is 0 Å². The molecule has 2 aliphatic carbocycles. The third-order valence-electron chi connectivity index (χ3n) is 8.65. The van der Waals surface area contributed by atoms with Crippen molar-refractivity contribution in [2.45, 2.75) is 83.7 Å². The van der Waals surface area contributed by atoms with Gasteiger partial charge < -0.3 is 14.8 Å². The Morgan fingerprint density at radius 1 is 1.08 bits per heavy atom. The molecule has 0 bridgehead atoms. The first-order valence-corrected chi connectivity index (χ1v) is 15.9. The molecule has 1 N–H and O–H groups in total. The Morgan fingerprint density at radius 3 is 2.62 bits per heavy atom. The van der Waals surface area contributed by atoms with E-state index in [4.69, 9.17) is 0 Å². The topological polar surface area (TPSA) is 61.1 Å². The summed E-state index contributed by atoms with van der Waals surface area (Å²) in [7, 11) is 0. The van der Waals surface area contributed by atoms with Gasteiger partial charge >= 0.3 is 0 Å². The predicted octanol–water partition coefficient (Wildman–Crippen LogP) is 7.80. The van der Waals surface area contributed by atoms with Gasteiger partial charge in [-0.05, 0) is 93.7 Å². The van der Waals surface area contributed by atoms with Crippen LogP contribution >= 0.6 is 23.1 Å². The minimum Gasteiger partial charge on any atom is -0.356 e. The summed E-state index contributed by atoms with van der Waals surface area (Å²) < 4.78 is 2.23. The number of carbonyl (C=O) groups is 1. The van der Waals surface area contributed by atoms with E-state index < -0.39 is 0 Å². The quantitative estimate of drug-likeness (QED) is 0.326. The van der Waals surface area contributed by atoms with Gasteiger partial charge in [0.2, 0.25) is 0 Å². The summed E-state index contributed by atoms with van der Waals surface area (Å²) in [5, 5.41) is 14.8. The molecule has 0 spiro atoms. The molecule has 3 aliphatic rings. The molecule has 1 aliphatic heterocycles. The van der Waals surface area contributed by atoms with Crippen LogP contribution in [0.5, 0.6) is 0 Å². The summed E-state index contributed by atoms with van der Waals surface area (Å²) in [4.78, 5) is 18.3. The number of rotatable bonds is 5. The molecule has 1 saturated carbocycles. The number of carbonyl (C=O) groups excluding carboxylic acids is 1. The molecule has 39 heavy (non-hydrogen) atoms. The van der Waals surface area contributed by atoms with Gasteiger partial charge in [-0.2, -0.15) is 5.26 Å². The van der Waals surface area contributed by atoms with Gasteiger partial charge in [-0.1, -0.05) is 49.7 Å². The normalized spacial score (nSPS) is 24.2. The number of thioether (sulfide) groups is 1. The Kier molecular flexibility index (Phi) is 7.35. The average molecular weight is 557 g/mol. The molecule has 2 fully saturated rings. The van der Waals surface area contributed by atoms with Crippen LogP contribution in [-0.4, -0.2) is 26.9 Å². The number of hydrogen-bond donors (Lipinski definition) is 1. The molecular formula is C32H36N4OS2. The molecule has 3 aromatic rings. The standard InChI is InChI=1S/C32H36N4OS2/c1-20-11-7-9-15-27(20)36-30(37)29(39-32(36)34-24-12-5-4-6-13-24)18-23-17-21(2)35(22(23)3)31-26(19-33)25-14-8-10-16-28(25)38-31/h4-6,12-13,17-18,20,27,32,34H,7-11,14-16H2,1-3H3/b29-18-/t20-,27+,32?/m0/s1. The summed E-state index contributed by atoms with van der Waals surface area (Å²) in [5.74, 6) is 0.614. The summed E-state index contributed by atoms with van der Waals surface area (Å²) in [6.07, 6.45) is 11.2. The Morgan fingerprint density at radius 2 is 1.85 bits per heavy atom. The zero-order valence-corrected chi connectivity index (χ0v) is 24.6. The third kappa shape index (κ3) is 4.83. The lowest BCUT2D eigenvalue weighted by Gasteiger charge is -2.39. The number of nitrogens with one attached hydrogen (secondary N) is 1. The highest BCUT2D eigenvalue weighted by molar-refractivity contribution is 8.05. The molecule has 1 aromatic carbocycles. The zero-order valence-electron chi connectivity index (χ0n) is 23.0. The van der Waals surface area contributed by atoms with Crippen molar-refractivity contribution in [3.63, 3.8) is 0 Å². The SMILES string of the molecule is Cc1cc(/C=C2\SC(Nc3ccccc3)N([C@@H]3CCCC[C@@H]3C)C2=O)c(C)n1-c1sc2c(c1C#N)CCCC2. The second kappa shape index (κ2) is 10.9. The Labute approximate surface area is 239 Å². The molecule has 1 unspecified atom stereocenters. The van der Waals surface area contributed by atoms with Gasteiger partial charge in [0.05, 0.1) is 10.5 Å². The van der Waals surface area contributed by atoms with E-state index in [2.05, 4.69) is 65.9 Å². The summed E-state index contributed by atoms with van der Waals surface area (Å²) in [6.45, 7) is 6.52. The molecule has 202 valence electrons. The average Bonchev–Trinajstić information content (AvgIpc) is 3.55. The largest absolute Gasteiger partial charge is 0.356 e. The minimum atomic E-state index is -0.130. The molecule has 3 atom stereocenters. The third-order valence-corrected chi connectivity index (χ3v) is 11.0. The molecule has 1 saturated heterocycles. The van der Waals surface area contributed by atoms with Crippen LogP contribution < -0.4 is 5.32 Å². The summed E-state index contributed by atoms with van der Waals surface area (Å²) in [5.41, 5.74) is 6.23. The smallest absolute Gasteiger partial charge is 0.262 e. The Balaban J connectivity index is 1.36. The van der Waals surface area contributed by atoms with Gasteiger partial charge in [-0.25, -0.2) is 0 Å². The fourth-order valence-electron chi connectivity index (χ4n) is 6.58. The van der Waals surface area contributed by atoms with Crippen LogP contribution in [-0.2, 0) is 17.6 Å². The van der Waals surface area contributed by atoms with Crippen LogP contribution in [0.25, 0.3) is 11.1 Å². The lowest BCUT2D eigenvalue weighted by atomic mass is 9.85. The second-order valence-corrected chi connectivity index (χ2v) is 13.4. The van der Waals surface area contributed by atoms with E-state index in [1.165, 1.54) is 36.1 Å². The van der Waals surface area contributed by atoms with Crippen molar-refractivity contribution in [1.29, 1.82) is 5.26 Å². The number of fused-ring (bicyclic) bond motifs is 1. The number of thiophene rings is 1. The number of nitrogens with zero attached hydrogens (tertiary/aromatic N) is 3. The van der Waals surface area contributed by atoms with Gasteiger partial charge in [0, 0.05) is 28.0 Å². The first kappa shape index (κ1) is 26.3. The fraction of sp³-hybridized carbons (Fsp3) is 0.438. The van der Waals surface area contributed by atoms with Crippen LogP contribution in [0.1, 0.15) is 78.4 Å². The van der Waals surface area contributed by atoms with Gasteiger partial charge in [0.15, 0.2) is 5.50 Å². The number of amides is 1. The maximum atomic E-state index is 14.0. The number of benzene rings is 1. The van der Waals surface area contributed by atoms with E-state index in [1.807, 2.05) is 18.2 Å². The first-order valence-electron chi connectivity index (χ1n) is 14.2. The van der Waals surface area contributed by atoms with Gasteiger partial charge in [-0.15, -0.1) is 11.3 Å². The van der Waals surface area contributed by atoms with Crippen molar-refractivity contribution in [1.82, 2.24) is 9.47 Å². The van der Waals surface area contributed by atoms with Gasteiger partial charge in [0.25, 0.3) is 5.91 Å².